The second-order valence-electron chi connectivity index (χ2n) is 5.53. The highest BCUT2D eigenvalue weighted by Gasteiger charge is 2.26. The summed E-state index contributed by atoms with van der Waals surface area (Å²) in [5, 5.41) is 10.7. The predicted molar refractivity (Wildman–Crippen MR) is 88.0 cm³/mol. The van der Waals surface area contributed by atoms with E-state index in [1.165, 1.54) is 19.3 Å². The van der Waals surface area contributed by atoms with E-state index in [9.17, 15) is 5.11 Å². The molecule has 0 aromatic heterocycles. The van der Waals surface area contributed by atoms with Gasteiger partial charge in [-0.05, 0) is 50.3 Å². The van der Waals surface area contributed by atoms with E-state index in [1.807, 2.05) is 26.0 Å². The number of ether oxygens (including phenoxy) is 2. The molecule has 0 bridgehead atoms. The van der Waals surface area contributed by atoms with Gasteiger partial charge in [-0.25, -0.2) is 0 Å². The van der Waals surface area contributed by atoms with Crippen molar-refractivity contribution in [2.75, 3.05) is 13.2 Å². The number of halogens is 1. The zero-order valence-corrected chi connectivity index (χ0v) is 14.5. The van der Waals surface area contributed by atoms with Gasteiger partial charge in [0.2, 0.25) is 0 Å². The molecule has 1 fully saturated rings. The molecule has 1 aromatic rings. The van der Waals surface area contributed by atoms with Crippen LogP contribution in [-0.4, -0.2) is 18.3 Å². The van der Waals surface area contributed by atoms with Gasteiger partial charge in [0.1, 0.15) is 0 Å². The van der Waals surface area contributed by atoms with Crippen molar-refractivity contribution in [3.63, 3.8) is 0 Å². The second-order valence-corrected chi connectivity index (χ2v) is 6.38. The van der Waals surface area contributed by atoms with Crippen LogP contribution in [0, 0.1) is 5.92 Å². The van der Waals surface area contributed by atoms with E-state index in [4.69, 9.17) is 9.47 Å². The monoisotopic (exact) mass is 356 g/mol. The van der Waals surface area contributed by atoms with Gasteiger partial charge in [-0.2, -0.15) is 0 Å². The van der Waals surface area contributed by atoms with Gasteiger partial charge >= 0.3 is 0 Å². The maximum Gasteiger partial charge on any atom is 0.162 e. The van der Waals surface area contributed by atoms with E-state index in [-0.39, 0.29) is 0 Å². The minimum Gasteiger partial charge on any atom is -0.490 e. The summed E-state index contributed by atoms with van der Waals surface area (Å²) in [4.78, 5) is 0. The van der Waals surface area contributed by atoms with Crippen LogP contribution < -0.4 is 9.47 Å². The Morgan fingerprint density at radius 1 is 1.10 bits per heavy atom. The van der Waals surface area contributed by atoms with Gasteiger partial charge in [0.25, 0.3) is 0 Å². The minimum atomic E-state index is -0.436. The number of aliphatic hydroxyl groups is 1. The highest BCUT2D eigenvalue weighted by molar-refractivity contribution is 9.10. The number of hydrogen-bond acceptors (Lipinski definition) is 3. The first-order valence-corrected chi connectivity index (χ1v) is 8.73. The summed E-state index contributed by atoms with van der Waals surface area (Å²) in [7, 11) is 0. The van der Waals surface area contributed by atoms with E-state index in [0.717, 1.165) is 28.6 Å². The summed E-state index contributed by atoms with van der Waals surface area (Å²) in [6, 6.07) is 3.84. The molecule has 0 radical (unpaired) electrons. The van der Waals surface area contributed by atoms with Gasteiger partial charge in [0, 0.05) is 4.47 Å². The molecule has 1 aliphatic rings. The molecule has 1 unspecified atom stereocenters. The van der Waals surface area contributed by atoms with Crippen LogP contribution in [-0.2, 0) is 0 Å². The molecular formula is C17H25BrO3. The van der Waals surface area contributed by atoms with Crippen LogP contribution in [0.25, 0.3) is 0 Å². The topological polar surface area (TPSA) is 38.7 Å². The highest BCUT2D eigenvalue weighted by Crippen LogP contribution is 2.41. The third kappa shape index (κ3) is 4.13. The van der Waals surface area contributed by atoms with Crippen LogP contribution in [0.1, 0.15) is 57.6 Å². The Bertz CT molecular complexity index is 456. The Morgan fingerprint density at radius 3 is 2.24 bits per heavy atom. The first-order chi connectivity index (χ1) is 10.2. The first kappa shape index (κ1) is 16.6. The predicted octanol–water partition coefficient (Wildman–Crippen LogP) is 4.86. The third-order valence-electron chi connectivity index (χ3n) is 4.08. The molecule has 0 saturated heterocycles. The van der Waals surface area contributed by atoms with E-state index >= 15 is 0 Å². The fraction of sp³-hybridized carbons (Fsp3) is 0.647. The lowest BCUT2D eigenvalue weighted by molar-refractivity contribution is 0.0839. The lowest BCUT2D eigenvalue weighted by Gasteiger charge is -2.28. The van der Waals surface area contributed by atoms with E-state index < -0.39 is 6.10 Å². The van der Waals surface area contributed by atoms with Crippen molar-refractivity contribution < 1.29 is 14.6 Å². The van der Waals surface area contributed by atoms with Gasteiger partial charge in [0.15, 0.2) is 11.5 Å². The van der Waals surface area contributed by atoms with Crippen LogP contribution >= 0.6 is 15.9 Å². The van der Waals surface area contributed by atoms with Crippen molar-refractivity contribution in [3.8, 4) is 11.5 Å². The van der Waals surface area contributed by atoms with Gasteiger partial charge in [-0.15, -0.1) is 0 Å². The standard InChI is InChI=1S/C17H25BrO3/c1-3-20-15-10-13(14(18)11-16(15)21-4-2)17(19)12-8-6-5-7-9-12/h10-12,17,19H,3-9H2,1-2H3. The van der Waals surface area contributed by atoms with Gasteiger partial charge in [-0.3, -0.25) is 0 Å². The molecule has 0 amide bonds. The molecule has 2 rings (SSSR count). The minimum absolute atomic E-state index is 0.350. The van der Waals surface area contributed by atoms with Crippen molar-refractivity contribution >= 4 is 15.9 Å². The zero-order valence-electron chi connectivity index (χ0n) is 12.9. The molecule has 3 nitrogen and oxygen atoms in total. The smallest absolute Gasteiger partial charge is 0.162 e. The molecule has 1 aromatic carbocycles. The molecule has 1 atom stereocenters. The summed E-state index contributed by atoms with van der Waals surface area (Å²) in [5.41, 5.74) is 0.911. The summed E-state index contributed by atoms with van der Waals surface area (Å²) in [6.07, 6.45) is 5.49. The molecule has 21 heavy (non-hydrogen) atoms. The summed E-state index contributed by atoms with van der Waals surface area (Å²) < 4.78 is 12.2. The lowest BCUT2D eigenvalue weighted by atomic mass is 9.83. The molecule has 1 aliphatic carbocycles. The Morgan fingerprint density at radius 2 is 1.67 bits per heavy atom. The molecule has 4 heteroatoms. The van der Waals surface area contributed by atoms with E-state index in [0.29, 0.717) is 24.9 Å². The highest BCUT2D eigenvalue weighted by atomic mass is 79.9. The Hall–Kier alpha value is -0.740. The summed E-state index contributed by atoms with van der Waals surface area (Å²) in [5.74, 6) is 1.79. The van der Waals surface area contributed by atoms with Crippen molar-refractivity contribution in [2.24, 2.45) is 5.92 Å². The Balaban J connectivity index is 2.27. The van der Waals surface area contributed by atoms with Crippen molar-refractivity contribution in [2.45, 2.75) is 52.1 Å². The van der Waals surface area contributed by atoms with Crippen LogP contribution in [0.15, 0.2) is 16.6 Å². The third-order valence-corrected chi connectivity index (χ3v) is 4.76. The second kappa shape index (κ2) is 8.04. The Labute approximate surface area is 135 Å². The normalized spacial score (nSPS) is 17.5. The largest absolute Gasteiger partial charge is 0.490 e. The fourth-order valence-electron chi connectivity index (χ4n) is 3.02. The average molecular weight is 357 g/mol. The summed E-state index contributed by atoms with van der Waals surface area (Å²) >= 11 is 3.57. The first-order valence-electron chi connectivity index (χ1n) is 7.94. The van der Waals surface area contributed by atoms with Gasteiger partial charge in [-0.1, -0.05) is 35.2 Å². The zero-order chi connectivity index (χ0) is 15.2. The molecular weight excluding hydrogens is 332 g/mol. The SMILES string of the molecule is CCOc1cc(Br)c(C(O)C2CCCCC2)cc1OCC. The van der Waals surface area contributed by atoms with Crippen LogP contribution in [0.2, 0.25) is 0 Å². The Kier molecular flexibility index (Phi) is 6.37. The molecule has 1 N–H and O–H groups in total. The molecule has 118 valence electrons. The number of aliphatic hydroxyl groups excluding tert-OH is 1. The summed E-state index contributed by atoms with van der Waals surface area (Å²) in [6.45, 7) is 5.08. The van der Waals surface area contributed by atoms with E-state index in [1.54, 1.807) is 0 Å². The molecule has 0 aliphatic heterocycles. The molecule has 0 heterocycles. The maximum atomic E-state index is 10.7. The van der Waals surface area contributed by atoms with Crippen LogP contribution in [0.3, 0.4) is 0 Å². The number of benzene rings is 1. The quantitative estimate of drug-likeness (QED) is 0.790. The van der Waals surface area contributed by atoms with Crippen molar-refractivity contribution in [3.05, 3.63) is 22.2 Å². The molecule has 0 spiro atoms. The molecule has 1 saturated carbocycles. The number of hydrogen-bond donors (Lipinski definition) is 1. The van der Waals surface area contributed by atoms with Gasteiger partial charge < -0.3 is 14.6 Å². The maximum absolute atomic E-state index is 10.7. The van der Waals surface area contributed by atoms with Crippen LogP contribution in [0.5, 0.6) is 11.5 Å². The average Bonchev–Trinajstić information content (AvgIpc) is 2.50. The number of rotatable bonds is 6. The van der Waals surface area contributed by atoms with Crippen molar-refractivity contribution in [1.29, 1.82) is 0 Å². The van der Waals surface area contributed by atoms with E-state index in [2.05, 4.69) is 15.9 Å². The van der Waals surface area contributed by atoms with Crippen LogP contribution in [0.4, 0.5) is 0 Å². The lowest BCUT2D eigenvalue weighted by Crippen LogP contribution is -2.16. The van der Waals surface area contributed by atoms with Crippen molar-refractivity contribution in [1.82, 2.24) is 0 Å². The van der Waals surface area contributed by atoms with Gasteiger partial charge in [0.05, 0.1) is 19.3 Å². The fourth-order valence-corrected chi connectivity index (χ4v) is 3.57.